The Balaban J connectivity index is 1.78. The fourth-order valence-electron chi connectivity index (χ4n) is 2.93. The lowest BCUT2D eigenvalue weighted by molar-refractivity contribution is 0.237. The van der Waals surface area contributed by atoms with E-state index in [0.717, 1.165) is 29.2 Å². The van der Waals surface area contributed by atoms with Crippen molar-refractivity contribution in [2.45, 2.75) is 46.1 Å². The van der Waals surface area contributed by atoms with Crippen LogP contribution < -0.4 is 15.4 Å². The van der Waals surface area contributed by atoms with Gasteiger partial charge in [0.1, 0.15) is 11.5 Å². The summed E-state index contributed by atoms with van der Waals surface area (Å²) in [7, 11) is 1.66. The van der Waals surface area contributed by atoms with E-state index >= 15 is 0 Å². The number of carbonyl (C=O) groups excluding carboxylic acids is 1. The van der Waals surface area contributed by atoms with E-state index in [1.165, 1.54) is 5.56 Å². The Morgan fingerprint density at radius 2 is 1.92 bits per heavy atom. The molecule has 0 unspecified atom stereocenters. The summed E-state index contributed by atoms with van der Waals surface area (Å²) < 4.78 is 10.3. The molecule has 1 aromatic heterocycles. The number of hydrogen-bond donors (Lipinski definition) is 2. The van der Waals surface area contributed by atoms with Crippen molar-refractivity contribution in [1.29, 1.82) is 0 Å². The third-order valence-electron chi connectivity index (χ3n) is 4.42. The number of methoxy groups -OCH3 is 1. The predicted octanol–water partition coefficient (Wildman–Crippen LogP) is 3.85. The zero-order valence-corrected chi connectivity index (χ0v) is 15.6. The molecule has 1 aromatic carbocycles. The minimum atomic E-state index is -0.186. The van der Waals surface area contributed by atoms with E-state index in [9.17, 15) is 4.79 Å². The molecular formula is C19H27N3O3. The third-order valence-corrected chi connectivity index (χ3v) is 4.42. The SMILES string of the molecule is COc1ccc([C@H](C)CCNC(=O)N[C@@H](C)c2c(C)noc2C)cc1. The highest BCUT2D eigenvalue weighted by Crippen LogP contribution is 2.22. The number of benzene rings is 1. The van der Waals surface area contributed by atoms with Gasteiger partial charge in [0, 0.05) is 12.1 Å². The van der Waals surface area contributed by atoms with Crippen molar-refractivity contribution in [1.82, 2.24) is 15.8 Å². The lowest BCUT2D eigenvalue weighted by Gasteiger charge is -2.16. The van der Waals surface area contributed by atoms with Crippen LogP contribution in [0.2, 0.25) is 0 Å². The molecule has 2 N–H and O–H groups in total. The maximum atomic E-state index is 12.1. The van der Waals surface area contributed by atoms with E-state index in [4.69, 9.17) is 9.26 Å². The minimum absolute atomic E-state index is 0.148. The summed E-state index contributed by atoms with van der Waals surface area (Å²) in [6.45, 7) is 8.40. The molecule has 136 valence electrons. The molecule has 2 aromatic rings. The summed E-state index contributed by atoms with van der Waals surface area (Å²) in [5.74, 6) is 1.94. The van der Waals surface area contributed by atoms with Crippen molar-refractivity contribution in [2.75, 3.05) is 13.7 Å². The van der Waals surface area contributed by atoms with Crippen LogP contribution in [-0.2, 0) is 0 Å². The fraction of sp³-hybridized carbons (Fsp3) is 0.474. The number of carbonyl (C=O) groups is 1. The summed E-state index contributed by atoms with van der Waals surface area (Å²) in [6.07, 6.45) is 0.861. The zero-order chi connectivity index (χ0) is 18.4. The number of aryl methyl sites for hydroxylation is 2. The Labute approximate surface area is 148 Å². The number of rotatable bonds is 7. The van der Waals surface area contributed by atoms with Crippen LogP contribution in [0, 0.1) is 13.8 Å². The summed E-state index contributed by atoms with van der Waals surface area (Å²) in [6, 6.07) is 7.69. The van der Waals surface area contributed by atoms with Gasteiger partial charge in [-0.05, 0) is 50.8 Å². The smallest absolute Gasteiger partial charge is 0.315 e. The number of urea groups is 1. The molecule has 2 atom stereocenters. The highest BCUT2D eigenvalue weighted by molar-refractivity contribution is 5.74. The van der Waals surface area contributed by atoms with Crippen molar-refractivity contribution < 1.29 is 14.1 Å². The molecule has 0 saturated heterocycles. The first-order chi connectivity index (χ1) is 11.9. The molecule has 0 spiro atoms. The zero-order valence-electron chi connectivity index (χ0n) is 15.6. The van der Waals surface area contributed by atoms with Gasteiger partial charge in [0.2, 0.25) is 0 Å². The fourth-order valence-corrected chi connectivity index (χ4v) is 2.93. The minimum Gasteiger partial charge on any atom is -0.497 e. The Kier molecular flexibility index (Phi) is 6.44. The Bertz CT molecular complexity index is 675. The van der Waals surface area contributed by atoms with E-state index in [2.05, 4.69) is 34.8 Å². The molecule has 0 bridgehead atoms. The number of hydrogen-bond acceptors (Lipinski definition) is 4. The summed E-state index contributed by atoms with van der Waals surface area (Å²) in [5, 5.41) is 9.76. The molecule has 0 aliphatic carbocycles. The van der Waals surface area contributed by atoms with E-state index < -0.39 is 0 Å². The normalized spacial score (nSPS) is 13.2. The van der Waals surface area contributed by atoms with Crippen LogP contribution in [0.1, 0.15) is 54.8 Å². The number of nitrogens with one attached hydrogen (secondary N) is 2. The molecule has 1 heterocycles. The van der Waals surface area contributed by atoms with Crippen molar-refractivity contribution >= 4 is 6.03 Å². The van der Waals surface area contributed by atoms with E-state index in [0.29, 0.717) is 12.5 Å². The van der Waals surface area contributed by atoms with Crippen LogP contribution in [0.5, 0.6) is 5.75 Å². The molecule has 25 heavy (non-hydrogen) atoms. The van der Waals surface area contributed by atoms with Crippen LogP contribution in [0.15, 0.2) is 28.8 Å². The van der Waals surface area contributed by atoms with Crippen LogP contribution in [0.3, 0.4) is 0 Å². The Morgan fingerprint density at radius 1 is 1.24 bits per heavy atom. The maximum Gasteiger partial charge on any atom is 0.315 e. The van der Waals surface area contributed by atoms with E-state index in [1.807, 2.05) is 32.9 Å². The molecule has 0 fully saturated rings. The quantitative estimate of drug-likeness (QED) is 0.799. The predicted molar refractivity (Wildman–Crippen MR) is 97.0 cm³/mol. The second-order valence-corrected chi connectivity index (χ2v) is 6.32. The monoisotopic (exact) mass is 345 g/mol. The van der Waals surface area contributed by atoms with Crippen molar-refractivity contribution in [2.24, 2.45) is 0 Å². The average molecular weight is 345 g/mol. The highest BCUT2D eigenvalue weighted by atomic mass is 16.5. The topological polar surface area (TPSA) is 76.4 Å². The Morgan fingerprint density at radius 3 is 2.48 bits per heavy atom. The molecule has 0 aliphatic rings. The first-order valence-corrected chi connectivity index (χ1v) is 8.53. The van der Waals surface area contributed by atoms with Crippen LogP contribution in [0.25, 0.3) is 0 Å². The molecule has 2 amide bonds. The van der Waals surface area contributed by atoms with Crippen LogP contribution in [-0.4, -0.2) is 24.8 Å². The lowest BCUT2D eigenvalue weighted by Crippen LogP contribution is -2.38. The average Bonchev–Trinajstić information content (AvgIpc) is 2.93. The van der Waals surface area contributed by atoms with Gasteiger partial charge in [-0.3, -0.25) is 0 Å². The third kappa shape index (κ3) is 4.98. The van der Waals surface area contributed by atoms with Crippen molar-refractivity contribution in [3.63, 3.8) is 0 Å². The van der Waals surface area contributed by atoms with Crippen molar-refractivity contribution in [3.8, 4) is 5.75 Å². The molecule has 2 rings (SSSR count). The largest absolute Gasteiger partial charge is 0.497 e. The van der Waals surface area contributed by atoms with Crippen molar-refractivity contribution in [3.05, 3.63) is 46.8 Å². The van der Waals surface area contributed by atoms with Gasteiger partial charge in [-0.15, -0.1) is 0 Å². The van der Waals surface area contributed by atoms with Gasteiger partial charge in [-0.1, -0.05) is 24.2 Å². The molecular weight excluding hydrogens is 318 g/mol. The number of ether oxygens (including phenoxy) is 1. The summed E-state index contributed by atoms with van der Waals surface area (Å²) in [4.78, 5) is 12.1. The molecule has 0 saturated carbocycles. The highest BCUT2D eigenvalue weighted by Gasteiger charge is 2.18. The molecule has 0 radical (unpaired) electrons. The van der Waals surface area contributed by atoms with Gasteiger partial charge >= 0.3 is 6.03 Å². The van der Waals surface area contributed by atoms with Gasteiger partial charge in [-0.2, -0.15) is 0 Å². The molecule has 0 aliphatic heterocycles. The summed E-state index contributed by atoms with van der Waals surface area (Å²) in [5.41, 5.74) is 2.97. The van der Waals surface area contributed by atoms with E-state index in [1.54, 1.807) is 7.11 Å². The van der Waals surface area contributed by atoms with Gasteiger partial charge in [0.05, 0.1) is 18.8 Å². The first kappa shape index (κ1) is 18.8. The van der Waals surface area contributed by atoms with E-state index in [-0.39, 0.29) is 12.1 Å². The van der Waals surface area contributed by atoms with Crippen LogP contribution in [0.4, 0.5) is 4.79 Å². The van der Waals surface area contributed by atoms with Gasteiger partial charge in [0.25, 0.3) is 0 Å². The maximum absolute atomic E-state index is 12.1. The van der Waals surface area contributed by atoms with Gasteiger partial charge in [-0.25, -0.2) is 4.79 Å². The van der Waals surface area contributed by atoms with Gasteiger partial charge in [0.15, 0.2) is 0 Å². The van der Waals surface area contributed by atoms with Gasteiger partial charge < -0.3 is 19.9 Å². The second-order valence-electron chi connectivity index (χ2n) is 6.32. The first-order valence-electron chi connectivity index (χ1n) is 8.53. The number of amides is 2. The standard InChI is InChI=1S/C19H27N3O3/c1-12(16-6-8-17(24-5)9-7-16)10-11-20-19(23)21-13(2)18-14(3)22-25-15(18)4/h6-9,12-13H,10-11H2,1-5H3,(H2,20,21,23)/t12-,13+/m1/s1. The lowest BCUT2D eigenvalue weighted by atomic mass is 9.98. The molecule has 6 nitrogen and oxygen atoms in total. The number of nitrogens with zero attached hydrogens (tertiary/aromatic N) is 1. The second kappa shape index (κ2) is 8.55. The number of aromatic nitrogens is 1. The Hall–Kier alpha value is -2.50. The van der Waals surface area contributed by atoms with Crippen LogP contribution >= 0.6 is 0 Å². The summed E-state index contributed by atoms with van der Waals surface area (Å²) >= 11 is 0. The molecule has 6 heteroatoms.